The minimum absolute atomic E-state index is 0.0458. The smallest absolute Gasteiger partial charge is 0.331 e. The molecule has 4 amide bonds. The van der Waals surface area contributed by atoms with Crippen molar-refractivity contribution in [3.8, 4) is 5.69 Å². The van der Waals surface area contributed by atoms with E-state index in [1.165, 1.54) is 0 Å². The van der Waals surface area contributed by atoms with E-state index in [0.29, 0.717) is 0 Å². The Morgan fingerprint density at radius 2 is 1.84 bits per heavy atom. The lowest BCUT2D eigenvalue weighted by atomic mass is 10.1. The summed E-state index contributed by atoms with van der Waals surface area (Å²) in [6, 6.07) is 7.46. The number of barbiturate groups is 1. The number of benzene rings is 1. The average Bonchev–Trinajstić information content (AvgIpc) is 3.04. The number of halogens is 1. The number of carbonyl (C=O) groups is 3. The molecule has 1 N–H and O–H groups in total. The van der Waals surface area contributed by atoms with E-state index in [0.717, 1.165) is 64.0 Å². The number of carbonyl (C=O) groups excluding carboxylic acids is 3. The molecule has 2 aliphatic heterocycles. The predicted molar refractivity (Wildman–Crippen MR) is 125 cm³/mol. The van der Waals surface area contributed by atoms with Crippen LogP contribution in [0.1, 0.15) is 23.9 Å². The molecule has 1 aromatic carbocycles. The largest absolute Gasteiger partial charge is 0.378 e. The number of likely N-dealkylation sites (N-methyl/N-ethyl adjacent to an activating group) is 1. The molecule has 0 saturated carbocycles. The average molecular weight is 501 g/mol. The fourth-order valence-corrected chi connectivity index (χ4v) is 4.78. The molecule has 0 spiro atoms. The third kappa shape index (κ3) is 3.98. The topological polar surface area (TPSA) is 83.9 Å². The molecule has 0 bridgehead atoms. The molecule has 0 radical (unpaired) electrons. The summed E-state index contributed by atoms with van der Waals surface area (Å²) in [5, 5.41) is 2.23. The number of amides is 4. The standard InChI is InChI=1S/C23H25BrN4O4/c1-4-27-22(30)18(21(29)25-23(27)31)12-16-11-14(2)28(15(16)3)17-5-6-20(19(24)13-17)26-7-9-32-10-8-26/h5-6,11-13H,4,7-10H2,1-3H3,(H,25,29,31)/b18-12+. The highest BCUT2D eigenvalue weighted by atomic mass is 79.9. The number of ether oxygens (including phenoxy) is 1. The Labute approximate surface area is 194 Å². The summed E-state index contributed by atoms with van der Waals surface area (Å²) in [4.78, 5) is 40.1. The van der Waals surface area contributed by atoms with Crippen molar-refractivity contribution in [1.29, 1.82) is 0 Å². The number of urea groups is 1. The van der Waals surface area contributed by atoms with Crippen LogP contribution in [0.4, 0.5) is 10.5 Å². The Morgan fingerprint density at radius 3 is 2.50 bits per heavy atom. The van der Waals surface area contributed by atoms with Crippen LogP contribution in [0.3, 0.4) is 0 Å². The van der Waals surface area contributed by atoms with Crippen LogP contribution >= 0.6 is 15.9 Å². The second kappa shape index (κ2) is 8.91. The Morgan fingerprint density at radius 1 is 1.12 bits per heavy atom. The zero-order chi connectivity index (χ0) is 23.0. The van der Waals surface area contributed by atoms with E-state index < -0.39 is 17.8 Å². The highest BCUT2D eigenvalue weighted by Crippen LogP contribution is 2.31. The predicted octanol–water partition coefficient (Wildman–Crippen LogP) is 3.17. The molecule has 2 saturated heterocycles. The van der Waals surface area contributed by atoms with Crippen molar-refractivity contribution >= 4 is 45.5 Å². The van der Waals surface area contributed by atoms with Gasteiger partial charge in [0.25, 0.3) is 11.8 Å². The number of nitrogens with zero attached hydrogens (tertiary/aromatic N) is 3. The zero-order valence-corrected chi connectivity index (χ0v) is 19.9. The molecule has 0 aliphatic carbocycles. The monoisotopic (exact) mass is 500 g/mol. The summed E-state index contributed by atoms with van der Waals surface area (Å²) in [6.07, 6.45) is 1.56. The van der Waals surface area contributed by atoms with E-state index >= 15 is 0 Å². The van der Waals surface area contributed by atoms with Gasteiger partial charge in [-0.2, -0.15) is 0 Å². The summed E-state index contributed by atoms with van der Waals surface area (Å²) in [7, 11) is 0. The van der Waals surface area contributed by atoms with Crippen LogP contribution < -0.4 is 10.2 Å². The van der Waals surface area contributed by atoms with Gasteiger partial charge in [-0.05, 0) is 72.6 Å². The maximum atomic E-state index is 12.6. The van der Waals surface area contributed by atoms with Crippen molar-refractivity contribution in [2.45, 2.75) is 20.8 Å². The number of morpholine rings is 1. The first-order chi connectivity index (χ1) is 15.3. The van der Waals surface area contributed by atoms with Crippen LogP contribution in [0.5, 0.6) is 0 Å². The zero-order valence-electron chi connectivity index (χ0n) is 18.3. The minimum atomic E-state index is -0.685. The third-order valence-corrected chi connectivity index (χ3v) is 6.45. The molecule has 4 rings (SSSR count). The van der Waals surface area contributed by atoms with Gasteiger partial charge in [0.15, 0.2) is 0 Å². The Hall–Kier alpha value is -2.91. The van der Waals surface area contributed by atoms with Crippen molar-refractivity contribution in [1.82, 2.24) is 14.8 Å². The number of aryl methyl sites for hydroxylation is 1. The van der Waals surface area contributed by atoms with E-state index in [1.807, 2.05) is 19.9 Å². The first-order valence-electron chi connectivity index (χ1n) is 10.5. The van der Waals surface area contributed by atoms with Crippen molar-refractivity contribution in [3.05, 3.63) is 51.3 Å². The lowest BCUT2D eigenvalue weighted by Crippen LogP contribution is -2.53. The lowest BCUT2D eigenvalue weighted by molar-refractivity contribution is -0.129. The second-order valence-electron chi connectivity index (χ2n) is 7.76. The molecule has 0 unspecified atom stereocenters. The van der Waals surface area contributed by atoms with E-state index in [4.69, 9.17) is 4.74 Å². The number of aromatic nitrogens is 1. The van der Waals surface area contributed by atoms with E-state index in [-0.39, 0.29) is 12.1 Å². The summed E-state index contributed by atoms with van der Waals surface area (Å²) in [5.41, 5.74) is 4.65. The van der Waals surface area contributed by atoms with Gasteiger partial charge < -0.3 is 14.2 Å². The van der Waals surface area contributed by atoms with Gasteiger partial charge in [-0.3, -0.25) is 19.8 Å². The molecular formula is C23H25BrN4O4. The second-order valence-corrected chi connectivity index (χ2v) is 8.62. The van der Waals surface area contributed by atoms with Crippen LogP contribution in [-0.4, -0.2) is 60.2 Å². The maximum absolute atomic E-state index is 12.6. The van der Waals surface area contributed by atoms with Crippen molar-refractivity contribution < 1.29 is 19.1 Å². The van der Waals surface area contributed by atoms with Crippen LogP contribution in [0.2, 0.25) is 0 Å². The Kier molecular flexibility index (Phi) is 6.21. The fraction of sp³-hybridized carbons (Fsp3) is 0.348. The number of imide groups is 2. The third-order valence-electron chi connectivity index (χ3n) is 5.81. The van der Waals surface area contributed by atoms with Crippen LogP contribution in [-0.2, 0) is 14.3 Å². The van der Waals surface area contributed by atoms with Crippen LogP contribution in [0.15, 0.2) is 34.3 Å². The molecule has 1 aromatic heterocycles. The van der Waals surface area contributed by atoms with Gasteiger partial charge in [-0.15, -0.1) is 0 Å². The first kappa shape index (κ1) is 22.3. The Balaban J connectivity index is 1.69. The molecule has 2 fully saturated rings. The van der Waals surface area contributed by atoms with Crippen LogP contribution in [0.25, 0.3) is 11.8 Å². The van der Waals surface area contributed by atoms with Crippen molar-refractivity contribution in [3.63, 3.8) is 0 Å². The number of rotatable bonds is 4. The Bertz CT molecular complexity index is 1130. The number of hydrogen-bond acceptors (Lipinski definition) is 5. The van der Waals surface area contributed by atoms with Gasteiger partial charge in [0.1, 0.15) is 5.57 Å². The maximum Gasteiger partial charge on any atom is 0.331 e. The van der Waals surface area contributed by atoms with E-state index in [9.17, 15) is 14.4 Å². The molecule has 32 heavy (non-hydrogen) atoms. The lowest BCUT2D eigenvalue weighted by Gasteiger charge is -2.30. The van der Waals surface area contributed by atoms with E-state index in [1.54, 1.807) is 13.0 Å². The van der Waals surface area contributed by atoms with Gasteiger partial charge >= 0.3 is 6.03 Å². The summed E-state index contributed by atoms with van der Waals surface area (Å²) < 4.78 is 8.51. The molecule has 8 nitrogen and oxygen atoms in total. The highest BCUT2D eigenvalue weighted by Gasteiger charge is 2.34. The van der Waals surface area contributed by atoms with Gasteiger partial charge in [0.05, 0.1) is 18.9 Å². The molecule has 168 valence electrons. The van der Waals surface area contributed by atoms with Crippen molar-refractivity contribution in [2.75, 3.05) is 37.7 Å². The number of anilines is 1. The summed E-state index contributed by atoms with van der Waals surface area (Å²) in [5.74, 6) is -1.25. The minimum Gasteiger partial charge on any atom is -0.378 e. The first-order valence-corrected chi connectivity index (χ1v) is 11.3. The van der Waals surface area contributed by atoms with Gasteiger partial charge in [0, 0.05) is 41.2 Å². The number of hydrogen-bond donors (Lipinski definition) is 1. The quantitative estimate of drug-likeness (QED) is 0.514. The summed E-state index contributed by atoms with van der Waals surface area (Å²) in [6.45, 7) is 8.94. The van der Waals surface area contributed by atoms with E-state index in [2.05, 4.69) is 48.9 Å². The van der Waals surface area contributed by atoms with Crippen LogP contribution in [0, 0.1) is 13.8 Å². The molecule has 2 aromatic rings. The SMILES string of the molecule is CCN1C(=O)NC(=O)/C(=C\c2cc(C)n(-c3ccc(N4CCOCC4)c(Br)c3)c2C)C1=O. The highest BCUT2D eigenvalue weighted by molar-refractivity contribution is 9.10. The molecule has 2 aliphatic rings. The van der Waals surface area contributed by atoms with Gasteiger partial charge in [0.2, 0.25) is 0 Å². The fourth-order valence-electron chi connectivity index (χ4n) is 4.16. The summed E-state index contributed by atoms with van der Waals surface area (Å²) >= 11 is 3.71. The number of nitrogens with one attached hydrogen (secondary N) is 1. The van der Waals surface area contributed by atoms with Gasteiger partial charge in [-0.25, -0.2) is 4.79 Å². The molecular weight excluding hydrogens is 476 g/mol. The van der Waals surface area contributed by atoms with Crippen molar-refractivity contribution in [2.24, 2.45) is 0 Å². The molecule has 3 heterocycles. The van der Waals surface area contributed by atoms with Gasteiger partial charge in [-0.1, -0.05) is 0 Å². The normalized spacial score (nSPS) is 18.5. The molecule has 0 atom stereocenters. The molecule has 9 heteroatoms.